The molecule has 1 aromatic carbocycles. The second-order valence-corrected chi connectivity index (χ2v) is 3.81. The van der Waals surface area contributed by atoms with Gasteiger partial charge in [-0.05, 0) is 29.8 Å². The molecule has 0 saturated carbocycles. The number of halogens is 1. The number of hydrogen-bond donors (Lipinski definition) is 0. The number of nitrogens with zero attached hydrogens (tertiary/aromatic N) is 1. The van der Waals surface area contributed by atoms with Gasteiger partial charge in [0.2, 0.25) is 0 Å². The van der Waals surface area contributed by atoms with E-state index in [4.69, 9.17) is 11.6 Å². The predicted octanol–water partition coefficient (Wildman–Crippen LogP) is 3.41. The molecule has 0 N–H and O–H groups in total. The van der Waals surface area contributed by atoms with Crippen LogP contribution in [0.15, 0.2) is 54.2 Å². The highest BCUT2D eigenvalue weighted by molar-refractivity contribution is 6.27. The lowest BCUT2D eigenvalue weighted by molar-refractivity contribution is -0.440. The van der Waals surface area contributed by atoms with Crippen LogP contribution in [-0.2, 0) is 0 Å². The molecule has 0 unspecified atom stereocenters. The Bertz CT molecular complexity index is 464. The Morgan fingerprint density at radius 3 is 2.44 bits per heavy atom. The summed E-state index contributed by atoms with van der Waals surface area (Å²) in [4.78, 5) is 0. The molecule has 0 aromatic heterocycles. The number of rotatable bonds is 2. The summed E-state index contributed by atoms with van der Waals surface area (Å²) in [6.07, 6.45) is 12.3. The third-order valence-corrected chi connectivity index (χ3v) is 2.47. The molecule has 1 heterocycles. The maximum Gasteiger partial charge on any atom is 0.176 e. The molecule has 2 rings (SSSR count). The first-order chi connectivity index (χ1) is 7.88. The lowest BCUT2D eigenvalue weighted by atomic mass is 10.1. The molecular weight excluding hydrogens is 218 g/mol. The van der Waals surface area contributed by atoms with E-state index in [2.05, 4.69) is 41.3 Å². The van der Waals surface area contributed by atoms with Crippen LogP contribution < -0.4 is 0 Å². The molecule has 80 valence electrons. The Hall–Kier alpha value is -1.60. The topological polar surface area (TPSA) is 3.01 Å². The lowest BCUT2D eigenvalue weighted by Gasteiger charge is -1.98. The monoisotopic (exact) mass is 230 g/mol. The Kier molecular flexibility index (Phi) is 3.73. The number of hydrogen-bond acceptors (Lipinski definition) is 0. The average molecular weight is 231 g/mol. The van der Waals surface area contributed by atoms with Gasteiger partial charge in [-0.1, -0.05) is 29.8 Å². The summed E-state index contributed by atoms with van der Waals surface area (Å²) in [6, 6.07) is 8.26. The van der Waals surface area contributed by atoms with Crippen LogP contribution in [0.5, 0.6) is 0 Å². The molecule has 0 bridgehead atoms. The average Bonchev–Trinajstić information content (AvgIpc) is 2.33. The minimum Gasteiger partial charge on any atom is -0.201 e. The van der Waals surface area contributed by atoms with E-state index in [1.807, 2.05) is 24.3 Å². The molecule has 0 atom stereocenters. The minimum absolute atomic E-state index is 0.930. The van der Waals surface area contributed by atoms with Crippen molar-refractivity contribution in [1.82, 2.24) is 0 Å². The first kappa shape index (κ1) is 10.9. The van der Waals surface area contributed by atoms with Gasteiger partial charge in [0, 0.05) is 17.2 Å². The van der Waals surface area contributed by atoms with E-state index in [9.17, 15) is 0 Å². The SMILES string of the molecule is ClC=Cc1ccc(C=[N+]2C=CC=CC2)cc1. The van der Waals surface area contributed by atoms with Crippen molar-refractivity contribution in [2.75, 3.05) is 6.54 Å². The van der Waals surface area contributed by atoms with Gasteiger partial charge >= 0.3 is 0 Å². The van der Waals surface area contributed by atoms with E-state index in [1.165, 1.54) is 11.1 Å². The quantitative estimate of drug-likeness (QED) is 0.685. The van der Waals surface area contributed by atoms with Crippen LogP contribution in [0.25, 0.3) is 6.08 Å². The third kappa shape index (κ3) is 2.94. The Labute approximate surface area is 101 Å². The van der Waals surface area contributed by atoms with Crippen molar-refractivity contribution in [3.63, 3.8) is 0 Å². The summed E-state index contributed by atoms with van der Waals surface area (Å²) in [5.74, 6) is 0. The van der Waals surface area contributed by atoms with Gasteiger partial charge in [-0.25, -0.2) is 4.58 Å². The molecule has 0 aliphatic carbocycles. The van der Waals surface area contributed by atoms with Crippen molar-refractivity contribution in [2.45, 2.75) is 0 Å². The maximum atomic E-state index is 5.52. The van der Waals surface area contributed by atoms with Crippen molar-refractivity contribution in [1.29, 1.82) is 0 Å². The molecule has 0 saturated heterocycles. The van der Waals surface area contributed by atoms with Crippen molar-refractivity contribution in [2.24, 2.45) is 0 Å². The lowest BCUT2D eigenvalue weighted by Crippen LogP contribution is -2.08. The molecule has 2 heteroatoms. The minimum atomic E-state index is 0.930. The summed E-state index contributed by atoms with van der Waals surface area (Å²) in [5, 5.41) is 0. The zero-order chi connectivity index (χ0) is 11.2. The van der Waals surface area contributed by atoms with Crippen LogP contribution in [-0.4, -0.2) is 17.3 Å². The van der Waals surface area contributed by atoms with E-state index >= 15 is 0 Å². The summed E-state index contributed by atoms with van der Waals surface area (Å²) in [5.41, 5.74) is 3.82. The van der Waals surface area contributed by atoms with Gasteiger partial charge in [0.1, 0.15) is 0 Å². The summed E-state index contributed by atoms with van der Waals surface area (Å²) in [6.45, 7) is 0.930. The molecule has 0 spiro atoms. The molecule has 0 fully saturated rings. The molecule has 0 radical (unpaired) electrons. The van der Waals surface area contributed by atoms with Crippen LogP contribution in [0.3, 0.4) is 0 Å². The molecule has 1 aliphatic heterocycles. The van der Waals surface area contributed by atoms with Crippen LogP contribution in [0.4, 0.5) is 0 Å². The fraction of sp³-hybridized carbons (Fsp3) is 0.0714. The molecular formula is C14H13ClN+. The van der Waals surface area contributed by atoms with Crippen LogP contribution in [0.1, 0.15) is 11.1 Å². The number of allylic oxidation sites excluding steroid dienone is 2. The van der Waals surface area contributed by atoms with Gasteiger partial charge in [-0.2, -0.15) is 0 Å². The van der Waals surface area contributed by atoms with Crippen LogP contribution in [0, 0.1) is 0 Å². The zero-order valence-electron chi connectivity index (χ0n) is 8.88. The third-order valence-electron chi connectivity index (χ3n) is 2.35. The smallest absolute Gasteiger partial charge is 0.176 e. The second kappa shape index (κ2) is 5.47. The fourth-order valence-electron chi connectivity index (χ4n) is 1.54. The van der Waals surface area contributed by atoms with Crippen molar-refractivity contribution >= 4 is 23.9 Å². The maximum absolute atomic E-state index is 5.52. The van der Waals surface area contributed by atoms with E-state index in [1.54, 1.807) is 0 Å². The molecule has 1 aliphatic rings. The van der Waals surface area contributed by atoms with Crippen molar-refractivity contribution < 1.29 is 4.58 Å². The van der Waals surface area contributed by atoms with Gasteiger partial charge < -0.3 is 0 Å². The predicted molar refractivity (Wildman–Crippen MR) is 69.9 cm³/mol. The highest BCUT2D eigenvalue weighted by Gasteiger charge is 2.00. The van der Waals surface area contributed by atoms with E-state index in [0.717, 1.165) is 12.1 Å². The summed E-state index contributed by atoms with van der Waals surface area (Å²) >= 11 is 5.52. The van der Waals surface area contributed by atoms with Gasteiger partial charge in [0.25, 0.3) is 0 Å². The van der Waals surface area contributed by atoms with E-state index in [-0.39, 0.29) is 0 Å². The standard InChI is InChI=1S/C14H13ClN/c15-9-8-13-4-6-14(7-5-13)12-16-10-2-1-3-11-16/h1-10,12H,11H2/q+1. The van der Waals surface area contributed by atoms with Crippen molar-refractivity contribution in [3.05, 3.63) is 65.4 Å². The fourth-order valence-corrected chi connectivity index (χ4v) is 1.68. The van der Waals surface area contributed by atoms with Gasteiger partial charge in [0.05, 0.1) is 0 Å². The highest BCUT2D eigenvalue weighted by atomic mass is 35.5. The largest absolute Gasteiger partial charge is 0.201 e. The molecule has 16 heavy (non-hydrogen) atoms. The van der Waals surface area contributed by atoms with Crippen LogP contribution in [0.2, 0.25) is 0 Å². The van der Waals surface area contributed by atoms with E-state index in [0.29, 0.717) is 0 Å². The molecule has 1 aromatic rings. The first-order valence-corrected chi connectivity index (χ1v) is 5.63. The Balaban J connectivity index is 2.16. The molecule has 1 nitrogen and oxygen atoms in total. The Morgan fingerprint density at radius 1 is 1.06 bits per heavy atom. The van der Waals surface area contributed by atoms with Gasteiger partial charge in [-0.15, -0.1) is 0 Å². The summed E-state index contributed by atoms with van der Waals surface area (Å²) < 4.78 is 2.15. The zero-order valence-corrected chi connectivity index (χ0v) is 9.64. The first-order valence-electron chi connectivity index (χ1n) is 5.19. The van der Waals surface area contributed by atoms with Crippen LogP contribution >= 0.6 is 11.6 Å². The van der Waals surface area contributed by atoms with Crippen molar-refractivity contribution in [3.8, 4) is 0 Å². The van der Waals surface area contributed by atoms with E-state index < -0.39 is 0 Å². The van der Waals surface area contributed by atoms with Gasteiger partial charge in [-0.3, -0.25) is 0 Å². The second-order valence-electron chi connectivity index (χ2n) is 3.55. The summed E-state index contributed by atoms with van der Waals surface area (Å²) in [7, 11) is 0. The Morgan fingerprint density at radius 2 is 1.81 bits per heavy atom. The van der Waals surface area contributed by atoms with Gasteiger partial charge in [0.15, 0.2) is 19.0 Å². The number of benzene rings is 1. The molecule has 0 amide bonds. The highest BCUT2D eigenvalue weighted by Crippen LogP contribution is 2.05. The normalized spacial score (nSPS) is 17.4.